The monoisotopic (exact) mass is 462 g/mol. The fraction of sp³-hybridized carbons (Fsp3) is 0.316. The lowest BCUT2D eigenvalue weighted by molar-refractivity contribution is 0.177. The van der Waals surface area contributed by atoms with E-state index >= 15 is 0 Å². The summed E-state index contributed by atoms with van der Waals surface area (Å²) in [6.07, 6.45) is 3.73. The van der Waals surface area contributed by atoms with E-state index < -0.39 is 0 Å². The fourth-order valence-electron chi connectivity index (χ4n) is 3.55. The van der Waals surface area contributed by atoms with Crippen molar-refractivity contribution < 1.29 is 4.79 Å². The number of likely N-dealkylation sites (tertiary alicyclic amines) is 1. The Morgan fingerprint density at radius 2 is 2.21 bits per heavy atom. The molecule has 28 heavy (non-hydrogen) atoms. The summed E-state index contributed by atoms with van der Waals surface area (Å²) in [7, 11) is 0. The number of anilines is 1. The van der Waals surface area contributed by atoms with Gasteiger partial charge < -0.3 is 16.0 Å². The second kappa shape index (κ2) is 7.97. The number of nitrogens with two attached hydrogens (primary N) is 1. The van der Waals surface area contributed by atoms with Gasteiger partial charge in [-0.25, -0.2) is 9.78 Å². The van der Waals surface area contributed by atoms with E-state index in [4.69, 9.17) is 22.3 Å². The summed E-state index contributed by atoms with van der Waals surface area (Å²) in [4.78, 5) is 17.9. The number of carbonyl (C=O) groups excluding carboxylic acids is 1. The highest BCUT2D eigenvalue weighted by molar-refractivity contribution is 9.10. The zero-order chi connectivity index (χ0) is 19.7. The number of hydrogen-bond acceptors (Lipinski definition) is 4. The highest BCUT2D eigenvalue weighted by atomic mass is 79.9. The Bertz CT molecular complexity index is 1020. The van der Waals surface area contributed by atoms with E-state index in [-0.39, 0.29) is 6.03 Å². The summed E-state index contributed by atoms with van der Waals surface area (Å²) in [5, 5.41) is 8.53. The second-order valence-corrected chi connectivity index (χ2v) is 8.17. The molecule has 1 aliphatic heterocycles. The number of carbonyl (C=O) groups is 1. The average Bonchev–Trinajstić information content (AvgIpc) is 3.08. The van der Waals surface area contributed by atoms with Crippen molar-refractivity contribution in [2.75, 3.05) is 25.0 Å². The topological polar surface area (TPSA) is 88.5 Å². The molecule has 2 amide bonds. The fourth-order valence-corrected chi connectivity index (χ4v) is 4.13. The molecule has 2 aromatic heterocycles. The van der Waals surface area contributed by atoms with Crippen LogP contribution in [0.5, 0.6) is 0 Å². The summed E-state index contributed by atoms with van der Waals surface area (Å²) in [5.41, 5.74) is 7.78. The molecule has 0 saturated carbocycles. The van der Waals surface area contributed by atoms with E-state index in [1.807, 2.05) is 30.3 Å². The Balaban J connectivity index is 1.63. The largest absolute Gasteiger partial charge is 0.370 e. The molecule has 7 nitrogen and oxygen atoms in total. The molecule has 1 atom stereocenters. The maximum atomic E-state index is 11.5. The summed E-state index contributed by atoms with van der Waals surface area (Å²) < 4.78 is 2.57. The van der Waals surface area contributed by atoms with Crippen LogP contribution in [-0.4, -0.2) is 45.2 Å². The zero-order valence-electron chi connectivity index (χ0n) is 15.1. The standard InChI is InChI=1S/C19H20BrClN6O/c20-14-10-24-27-17(23-9-12-4-3-7-26(11-12)19(22)28)8-16(25-18(14)27)13-5-1-2-6-15(13)21/h1-2,5-6,8,10,12,23H,3-4,7,9,11H2,(H2,22,28). The molecule has 0 aliphatic carbocycles. The first-order chi connectivity index (χ1) is 13.5. The van der Waals surface area contributed by atoms with Crippen LogP contribution in [0.25, 0.3) is 16.9 Å². The Labute approximate surface area is 176 Å². The van der Waals surface area contributed by atoms with Gasteiger partial charge in [0.05, 0.1) is 16.4 Å². The number of primary amides is 1. The highest BCUT2D eigenvalue weighted by Crippen LogP contribution is 2.30. The van der Waals surface area contributed by atoms with E-state index in [9.17, 15) is 4.79 Å². The quantitative estimate of drug-likeness (QED) is 0.612. The Hall–Kier alpha value is -2.32. The molecule has 1 saturated heterocycles. The van der Waals surface area contributed by atoms with Crippen molar-refractivity contribution in [1.29, 1.82) is 0 Å². The number of piperidine rings is 1. The minimum atomic E-state index is -0.354. The molecule has 0 bridgehead atoms. The Morgan fingerprint density at radius 3 is 3.00 bits per heavy atom. The smallest absolute Gasteiger partial charge is 0.314 e. The number of rotatable bonds is 4. The van der Waals surface area contributed by atoms with Gasteiger partial charge in [0, 0.05) is 36.3 Å². The molecule has 3 heterocycles. The molecular weight excluding hydrogens is 444 g/mol. The number of fused-ring (bicyclic) bond motifs is 1. The Morgan fingerprint density at radius 1 is 1.39 bits per heavy atom. The molecule has 1 fully saturated rings. The highest BCUT2D eigenvalue weighted by Gasteiger charge is 2.22. The normalized spacial score (nSPS) is 17.1. The van der Waals surface area contributed by atoms with Gasteiger partial charge >= 0.3 is 6.03 Å². The van der Waals surface area contributed by atoms with Crippen molar-refractivity contribution in [2.24, 2.45) is 11.7 Å². The predicted octanol–water partition coefficient (Wildman–Crippen LogP) is 4.01. The van der Waals surface area contributed by atoms with E-state index in [2.05, 4.69) is 26.3 Å². The van der Waals surface area contributed by atoms with E-state index in [1.165, 1.54) is 0 Å². The van der Waals surface area contributed by atoms with Crippen LogP contribution < -0.4 is 11.1 Å². The van der Waals surface area contributed by atoms with Crippen LogP contribution in [0, 0.1) is 5.92 Å². The van der Waals surface area contributed by atoms with E-state index in [0.29, 0.717) is 29.7 Å². The number of aromatic nitrogens is 3. The Kier molecular flexibility index (Phi) is 5.41. The molecule has 1 unspecified atom stereocenters. The SMILES string of the molecule is NC(=O)N1CCCC(CNc2cc(-c3ccccc3Cl)nc3c(Br)cnn23)C1. The maximum absolute atomic E-state index is 11.5. The van der Waals surface area contributed by atoms with Gasteiger partial charge in [-0.1, -0.05) is 29.8 Å². The van der Waals surface area contributed by atoms with Gasteiger partial charge in [0.15, 0.2) is 5.65 Å². The van der Waals surface area contributed by atoms with Gasteiger partial charge in [-0.3, -0.25) is 0 Å². The van der Waals surface area contributed by atoms with Gasteiger partial charge in [-0.2, -0.15) is 9.61 Å². The first-order valence-electron chi connectivity index (χ1n) is 9.10. The number of hydrogen-bond donors (Lipinski definition) is 2. The van der Waals surface area contributed by atoms with Crippen LogP contribution in [0.1, 0.15) is 12.8 Å². The van der Waals surface area contributed by atoms with Crippen LogP contribution >= 0.6 is 27.5 Å². The number of amides is 2. The summed E-state index contributed by atoms with van der Waals surface area (Å²) in [6.45, 7) is 2.10. The third-order valence-corrected chi connectivity index (χ3v) is 5.87. The molecule has 4 rings (SSSR count). The van der Waals surface area contributed by atoms with Crippen LogP contribution in [-0.2, 0) is 0 Å². The van der Waals surface area contributed by atoms with Crippen LogP contribution in [0.4, 0.5) is 10.6 Å². The van der Waals surface area contributed by atoms with Crippen LogP contribution in [0.3, 0.4) is 0 Å². The van der Waals surface area contributed by atoms with Crippen molar-refractivity contribution in [3.63, 3.8) is 0 Å². The lowest BCUT2D eigenvalue weighted by Gasteiger charge is -2.31. The molecule has 9 heteroatoms. The summed E-state index contributed by atoms with van der Waals surface area (Å²) in [5.74, 6) is 1.15. The van der Waals surface area contributed by atoms with Crippen molar-refractivity contribution in [1.82, 2.24) is 19.5 Å². The number of benzene rings is 1. The van der Waals surface area contributed by atoms with Crippen molar-refractivity contribution in [3.05, 3.63) is 46.0 Å². The minimum absolute atomic E-state index is 0.326. The average molecular weight is 464 g/mol. The second-order valence-electron chi connectivity index (χ2n) is 6.91. The van der Waals surface area contributed by atoms with Crippen LogP contribution in [0.15, 0.2) is 41.0 Å². The predicted molar refractivity (Wildman–Crippen MR) is 114 cm³/mol. The lowest BCUT2D eigenvalue weighted by Crippen LogP contribution is -2.44. The summed E-state index contributed by atoms with van der Waals surface area (Å²) in [6, 6.07) is 9.22. The molecule has 0 radical (unpaired) electrons. The first-order valence-corrected chi connectivity index (χ1v) is 10.3. The van der Waals surface area contributed by atoms with Crippen molar-refractivity contribution in [2.45, 2.75) is 12.8 Å². The van der Waals surface area contributed by atoms with E-state index in [0.717, 1.165) is 40.9 Å². The maximum Gasteiger partial charge on any atom is 0.314 e. The molecule has 3 aromatic rings. The van der Waals surface area contributed by atoms with E-state index in [1.54, 1.807) is 15.6 Å². The summed E-state index contributed by atoms with van der Waals surface area (Å²) >= 11 is 9.89. The number of nitrogens with one attached hydrogen (secondary N) is 1. The number of nitrogens with zero attached hydrogens (tertiary/aromatic N) is 4. The molecule has 1 aromatic carbocycles. The van der Waals surface area contributed by atoms with Gasteiger partial charge in [-0.15, -0.1) is 0 Å². The third kappa shape index (κ3) is 3.79. The van der Waals surface area contributed by atoms with Crippen molar-refractivity contribution >= 4 is 45.0 Å². The molecule has 0 spiro atoms. The van der Waals surface area contributed by atoms with Gasteiger partial charge in [0.1, 0.15) is 5.82 Å². The van der Waals surface area contributed by atoms with Crippen molar-refractivity contribution in [3.8, 4) is 11.3 Å². The number of halogens is 2. The molecule has 1 aliphatic rings. The molecular formula is C19H20BrClN6O. The minimum Gasteiger partial charge on any atom is -0.370 e. The molecule has 3 N–H and O–H groups in total. The van der Waals surface area contributed by atoms with Gasteiger partial charge in [0.2, 0.25) is 0 Å². The third-order valence-electron chi connectivity index (χ3n) is 4.98. The first kappa shape index (κ1) is 19.0. The van der Waals surface area contributed by atoms with Crippen LogP contribution in [0.2, 0.25) is 5.02 Å². The lowest BCUT2D eigenvalue weighted by atomic mass is 9.98. The van der Waals surface area contributed by atoms with Gasteiger partial charge in [0.25, 0.3) is 0 Å². The van der Waals surface area contributed by atoms with Gasteiger partial charge in [-0.05, 0) is 40.8 Å². The molecule has 146 valence electrons. The zero-order valence-corrected chi connectivity index (χ0v) is 17.4. The number of urea groups is 1.